The summed E-state index contributed by atoms with van der Waals surface area (Å²) >= 11 is 0. The predicted octanol–water partition coefficient (Wildman–Crippen LogP) is -0.144. The Kier molecular flexibility index (Phi) is 5.56. The number of hydrogen-bond donors (Lipinski definition) is 0. The fraction of sp³-hybridized carbons (Fsp3) is 0.455. The van der Waals surface area contributed by atoms with Crippen LogP contribution in [0.5, 0.6) is 0 Å². The summed E-state index contributed by atoms with van der Waals surface area (Å²) in [7, 11) is 0. The van der Waals surface area contributed by atoms with E-state index in [1.807, 2.05) is 0 Å². The van der Waals surface area contributed by atoms with Crippen molar-refractivity contribution in [1.29, 1.82) is 0 Å². The van der Waals surface area contributed by atoms with Gasteiger partial charge in [-0.15, -0.1) is 11.7 Å². The van der Waals surface area contributed by atoms with Crippen molar-refractivity contribution in [2.24, 2.45) is 0 Å². The molecule has 98 valence electrons. The Labute approximate surface area is 105 Å². The van der Waals surface area contributed by atoms with Gasteiger partial charge in [0.1, 0.15) is 13.1 Å². The van der Waals surface area contributed by atoms with Crippen molar-refractivity contribution in [3.8, 4) is 0 Å². The predicted molar refractivity (Wildman–Crippen MR) is 63.4 cm³/mol. The maximum Gasteiger partial charge on any atom is 0.325 e. The summed E-state index contributed by atoms with van der Waals surface area (Å²) in [4.78, 5) is 24.6. The van der Waals surface area contributed by atoms with Gasteiger partial charge in [-0.1, -0.05) is 11.3 Å². The van der Waals surface area contributed by atoms with Gasteiger partial charge in [0.05, 0.1) is 12.8 Å². The van der Waals surface area contributed by atoms with Crippen molar-refractivity contribution in [1.82, 2.24) is 19.9 Å². The van der Waals surface area contributed by atoms with Crippen molar-refractivity contribution >= 4 is 11.9 Å². The zero-order valence-corrected chi connectivity index (χ0v) is 10.3. The molecule has 0 saturated carbocycles. The molecular weight excluding hydrogens is 236 g/mol. The Hall–Kier alpha value is -2.18. The SMILES string of the molecule is C=CCN(CC(=O)OCC)C(=O)Cn1ccnn1. The minimum Gasteiger partial charge on any atom is -0.465 e. The first kappa shape index (κ1) is 13.9. The number of nitrogens with zero attached hydrogens (tertiary/aromatic N) is 4. The minimum absolute atomic E-state index is 0.0350. The van der Waals surface area contributed by atoms with E-state index in [0.29, 0.717) is 0 Å². The largest absolute Gasteiger partial charge is 0.465 e. The summed E-state index contributed by atoms with van der Waals surface area (Å²) in [6, 6.07) is 0. The summed E-state index contributed by atoms with van der Waals surface area (Å²) in [6.07, 6.45) is 4.61. The lowest BCUT2D eigenvalue weighted by Gasteiger charge is -2.19. The van der Waals surface area contributed by atoms with Gasteiger partial charge in [-0.3, -0.25) is 9.59 Å². The van der Waals surface area contributed by atoms with Crippen molar-refractivity contribution in [3.63, 3.8) is 0 Å². The van der Waals surface area contributed by atoms with Crippen LogP contribution >= 0.6 is 0 Å². The van der Waals surface area contributed by atoms with Gasteiger partial charge in [0, 0.05) is 12.7 Å². The van der Waals surface area contributed by atoms with Crippen LogP contribution < -0.4 is 0 Å². The number of amides is 1. The van der Waals surface area contributed by atoms with E-state index in [1.165, 1.54) is 15.8 Å². The summed E-state index contributed by atoms with van der Waals surface area (Å²) in [5, 5.41) is 7.29. The van der Waals surface area contributed by atoms with E-state index in [1.54, 1.807) is 19.2 Å². The van der Waals surface area contributed by atoms with E-state index >= 15 is 0 Å². The normalized spacial score (nSPS) is 9.83. The van der Waals surface area contributed by atoms with Crippen LogP contribution in [-0.2, 0) is 20.9 Å². The molecule has 7 heteroatoms. The molecule has 0 radical (unpaired) electrons. The molecule has 0 saturated heterocycles. The van der Waals surface area contributed by atoms with E-state index in [0.717, 1.165) is 0 Å². The number of carbonyl (C=O) groups is 2. The van der Waals surface area contributed by atoms with Crippen LogP contribution in [0.2, 0.25) is 0 Å². The standard InChI is InChI=1S/C11H16N4O3/c1-3-6-14(9-11(17)18-4-2)10(16)8-15-7-5-12-13-15/h3,5,7H,1,4,6,8-9H2,2H3. The summed E-state index contributed by atoms with van der Waals surface area (Å²) < 4.78 is 6.19. The van der Waals surface area contributed by atoms with Crippen molar-refractivity contribution < 1.29 is 14.3 Å². The fourth-order valence-electron chi connectivity index (χ4n) is 1.33. The highest BCUT2D eigenvalue weighted by atomic mass is 16.5. The summed E-state index contributed by atoms with van der Waals surface area (Å²) in [6.45, 7) is 5.79. The van der Waals surface area contributed by atoms with Crippen LogP contribution in [-0.4, -0.2) is 51.5 Å². The summed E-state index contributed by atoms with van der Waals surface area (Å²) in [5.41, 5.74) is 0. The molecule has 0 atom stereocenters. The number of ether oxygens (including phenoxy) is 1. The smallest absolute Gasteiger partial charge is 0.325 e. The highest BCUT2D eigenvalue weighted by molar-refractivity contribution is 5.82. The second-order valence-corrected chi connectivity index (χ2v) is 3.47. The molecule has 1 rings (SSSR count). The Morgan fingerprint density at radius 1 is 1.56 bits per heavy atom. The number of aromatic nitrogens is 3. The molecule has 0 spiro atoms. The van der Waals surface area contributed by atoms with E-state index in [-0.39, 0.29) is 32.1 Å². The molecule has 0 fully saturated rings. The van der Waals surface area contributed by atoms with Gasteiger partial charge >= 0.3 is 5.97 Å². The molecule has 18 heavy (non-hydrogen) atoms. The van der Waals surface area contributed by atoms with Crippen LogP contribution in [0.15, 0.2) is 25.0 Å². The Bertz CT molecular complexity index is 402. The lowest BCUT2D eigenvalue weighted by atomic mass is 10.4. The lowest BCUT2D eigenvalue weighted by molar-refractivity contribution is -0.148. The second-order valence-electron chi connectivity index (χ2n) is 3.47. The average Bonchev–Trinajstić information content (AvgIpc) is 2.81. The van der Waals surface area contributed by atoms with Gasteiger partial charge in [-0.25, -0.2) is 4.68 Å². The molecule has 0 aliphatic heterocycles. The molecule has 0 aromatic carbocycles. The van der Waals surface area contributed by atoms with Crippen molar-refractivity contribution in [2.75, 3.05) is 19.7 Å². The molecule has 1 heterocycles. The number of rotatable bonds is 7. The van der Waals surface area contributed by atoms with Crippen LogP contribution in [0.1, 0.15) is 6.92 Å². The Morgan fingerprint density at radius 2 is 2.33 bits per heavy atom. The fourth-order valence-corrected chi connectivity index (χ4v) is 1.33. The van der Waals surface area contributed by atoms with E-state index < -0.39 is 5.97 Å². The van der Waals surface area contributed by atoms with Crippen LogP contribution in [0, 0.1) is 0 Å². The van der Waals surface area contributed by atoms with Gasteiger partial charge in [0.2, 0.25) is 5.91 Å². The summed E-state index contributed by atoms with van der Waals surface area (Å²) in [5.74, 6) is -0.681. The molecule has 1 aromatic rings. The first-order valence-corrected chi connectivity index (χ1v) is 5.55. The van der Waals surface area contributed by atoms with Crippen LogP contribution in [0.25, 0.3) is 0 Å². The number of esters is 1. The van der Waals surface area contributed by atoms with E-state index in [9.17, 15) is 9.59 Å². The maximum atomic E-state index is 11.9. The Morgan fingerprint density at radius 3 is 2.89 bits per heavy atom. The first-order valence-electron chi connectivity index (χ1n) is 5.55. The quantitative estimate of drug-likeness (QED) is 0.498. The maximum absolute atomic E-state index is 11.9. The molecule has 1 amide bonds. The topological polar surface area (TPSA) is 77.3 Å². The molecule has 0 unspecified atom stereocenters. The molecule has 0 aliphatic carbocycles. The molecule has 0 bridgehead atoms. The third-order valence-electron chi connectivity index (χ3n) is 2.10. The van der Waals surface area contributed by atoms with Crippen molar-refractivity contribution in [3.05, 3.63) is 25.0 Å². The molecular formula is C11H16N4O3. The highest BCUT2D eigenvalue weighted by Gasteiger charge is 2.17. The third kappa shape index (κ3) is 4.36. The first-order chi connectivity index (χ1) is 8.67. The molecule has 1 aromatic heterocycles. The molecule has 0 aliphatic rings. The highest BCUT2D eigenvalue weighted by Crippen LogP contribution is 1.95. The van der Waals surface area contributed by atoms with Gasteiger partial charge in [0.15, 0.2) is 0 Å². The minimum atomic E-state index is -0.439. The van der Waals surface area contributed by atoms with Gasteiger partial charge in [-0.05, 0) is 6.92 Å². The second kappa shape index (κ2) is 7.21. The van der Waals surface area contributed by atoms with Gasteiger partial charge < -0.3 is 9.64 Å². The zero-order valence-electron chi connectivity index (χ0n) is 10.3. The van der Waals surface area contributed by atoms with Crippen LogP contribution in [0.4, 0.5) is 0 Å². The zero-order chi connectivity index (χ0) is 13.4. The van der Waals surface area contributed by atoms with Gasteiger partial charge in [-0.2, -0.15) is 0 Å². The number of carbonyl (C=O) groups excluding carboxylic acids is 2. The average molecular weight is 252 g/mol. The molecule has 7 nitrogen and oxygen atoms in total. The third-order valence-corrected chi connectivity index (χ3v) is 2.10. The monoisotopic (exact) mass is 252 g/mol. The van der Waals surface area contributed by atoms with Crippen LogP contribution in [0.3, 0.4) is 0 Å². The van der Waals surface area contributed by atoms with Gasteiger partial charge in [0.25, 0.3) is 0 Å². The van der Waals surface area contributed by atoms with E-state index in [4.69, 9.17) is 4.74 Å². The van der Waals surface area contributed by atoms with Crippen molar-refractivity contribution in [2.45, 2.75) is 13.5 Å². The molecule has 0 N–H and O–H groups in total. The van der Waals surface area contributed by atoms with E-state index in [2.05, 4.69) is 16.9 Å². The lowest BCUT2D eigenvalue weighted by Crippen LogP contribution is -2.38. The number of hydrogen-bond acceptors (Lipinski definition) is 5. The Balaban J connectivity index is 2.57.